The Kier molecular flexibility index (Phi) is 6.73. The summed E-state index contributed by atoms with van der Waals surface area (Å²) in [6.07, 6.45) is 2.69. The van der Waals surface area contributed by atoms with Gasteiger partial charge in [-0.15, -0.1) is 0 Å². The highest BCUT2D eigenvalue weighted by Gasteiger charge is 2.32. The standard InChI is InChI=1S/C28H34O4/c1-7-15-32-24(29)9-8-14-28(5,6)19-11-13-21-23(17-19)26(31)20-12-10-18(27(2,3)4)16-22(20)25(21)30/h10-13,16-17H,7-9,14-15H2,1-6H3. The molecule has 0 spiro atoms. The Balaban J connectivity index is 1.84. The second-order valence-electron chi connectivity index (χ2n) is 10.4. The Labute approximate surface area is 191 Å². The van der Waals surface area contributed by atoms with Crippen molar-refractivity contribution in [2.75, 3.05) is 6.61 Å². The van der Waals surface area contributed by atoms with Gasteiger partial charge < -0.3 is 4.74 Å². The van der Waals surface area contributed by atoms with Gasteiger partial charge in [0.1, 0.15) is 0 Å². The summed E-state index contributed by atoms with van der Waals surface area (Å²) in [6, 6.07) is 11.2. The van der Waals surface area contributed by atoms with Crippen LogP contribution in [0.4, 0.5) is 0 Å². The number of hydrogen-bond donors (Lipinski definition) is 0. The van der Waals surface area contributed by atoms with Crippen molar-refractivity contribution < 1.29 is 19.1 Å². The maximum Gasteiger partial charge on any atom is 0.305 e. The fourth-order valence-corrected chi connectivity index (χ4v) is 4.14. The van der Waals surface area contributed by atoms with Crippen molar-refractivity contribution in [3.05, 3.63) is 69.8 Å². The van der Waals surface area contributed by atoms with E-state index in [1.54, 1.807) is 12.1 Å². The Morgan fingerprint density at radius 2 is 1.34 bits per heavy atom. The van der Waals surface area contributed by atoms with Crippen LogP contribution >= 0.6 is 0 Å². The van der Waals surface area contributed by atoms with Gasteiger partial charge in [-0.25, -0.2) is 0 Å². The van der Waals surface area contributed by atoms with Crippen molar-refractivity contribution in [1.29, 1.82) is 0 Å². The van der Waals surface area contributed by atoms with E-state index in [2.05, 4.69) is 34.6 Å². The lowest BCUT2D eigenvalue weighted by molar-refractivity contribution is -0.143. The quantitative estimate of drug-likeness (QED) is 0.418. The van der Waals surface area contributed by atoms with Crippen LogP contribution in [0, 0.1) is 0 Å². The summed E-state index contributed by atoms with van der Waals surface area (Å²) < 4.78 is 5.15. The number of esters is 1. The zero-order valence-electron chi connectivity index (χ0n) is 20.1. The third-order valence-electron chi connectivity index (χ3n) is 6.31. The van der Waals surface area contributed by atoms with Gasteiger partial charge in [0.2, 0.25) is 0 Å². The van der Waals surface area contributed by atoms with E-state index in [1.165, 1.54) is 0 Å². The van der Waals surface area contributed by atoms with E-state index in [1.807, 2.05) is 31.2 Å². The summed E-state index contributed by atoms with van der Waals surface area (Å²) in [5.41, 5.74) is 3.60. The molecule has 4 heteroatoms. The molecule has 32 heavy (non-hydrogen) atoms. The molecule has 0 bridgehead atoms. The van der Waals surface area contributed by atoms with Gasteiger partial charge in [-0.3, -0.25) is 14.4 Å². The van der Waals surface area contributed by atoms with Crippen LogP contribution in [-0.4, -0.2) is 24.1 Å². The number of ketones is 2. The summed E-state index contributed by atoms with van der Waals surface area (Å²) >= 11 is 0. The molecule has 0 unspecified atom stereocenters. The Morgan fingerprint density at radius 3 is 1.88 bits per heavy atom. The van der Waals surface area contributed by atoms with Crippen LogP contribution in [0.15, 0.2) is 36.4 Å². The average molecular weight is 435 g/mol. The van der Waals surface area contributed by atoms with Crippen LogP contribution in [0.25, 0.3) is 0 Å². The summed E-state index contributed by atoms with van der Waals surface area (Å²) in [4.78, 5) is 38.3. The molecule has 3 rings (SSSR count). The number of ether oxygens (including phenoxy) is 1. The van der Waals surface area contributed by atoms with Crippen LogP contribution in [-0.2, 0) is 20.4 Å². The molecule has 2 aromatic rings. The molecular formula is C28H34O4. The monoisotopic (exact) mass is 434 g/mol. The zero-order valence-corrected chi connectivity index (χ0v) is 20.1. The number of carbonyl (C=O) groups excluding carboxylic acids is 3. The summed E-state index contributed by atoms with van der Waals surface area (Å²) in [5.74, 6) is -0.361. The second-order valence-corrected chi connectivity index (χ2v) is 10.4. The number of rotatable bonds is 7. The lowest BCUT2D eigenvalue weighted by Gasteiger charge is -2.28. The van der Waals surface area contributed by atoms with E-state index < -0.39 is 0 Å². The van der Waals surface area contributed by atoms with E-state index in [4.69, 9.17) is 4.74 Å². The maximum atomic E-state index is 13.3. The summed E-state index contributed by atoms with van der Waals surface area (Å²) in [7, 11) is 0. The Bertz CT molecular complexity index is 1050. The highest BCUT2D eigenvalue weighted by molar-refractivity contribution is 6.28. The normalized spacial score (nSPS) is 13.6. The molecular weight excluding hydrogens is 400 g/mol. The van der Waals surface area contributed by atoms with Crippen molar-refractivity contribution in [3.8, 4) is 0 Å². The third-order valence-corrected chi connectivity index (χ3v) is 6.31. The van der Waals surface area contributed by atoms with E-state index in [-0.39, 0.29) is 28.4 Å². The van der Waals surface area contributed by atoms with E-state index in [0.29, 0.717) is 41.7 Å². The van der Waals surface area contributed by atoms with Crippen LogP contribution in [0.1, 0.15) is 110 Å². The van der Waals surface area contributed by atoms with Crippen molar-refractivity contribution >= 4 is 17.5 Å². The summed E-state index contributed by atoms with van der Waals surface area (Å²) in [5, 5.41) is 0. The summed E-state index contributed by atoms with van der Waals surface area (Å²) in [6.45, 7) is 12.9. The minimum atomic E-state index is -0.236. The Morgan fingerprint density at radius 1 is 0.812 bits per heavy atom. The minimum Gasteiger partial charge on any atom is -0.466 e. The zero-order chi connectivity index (χ0) is 23.7. The predicted octanol–water partition coefficient (Wildman–Crippen LogP) is 6.16. The van der Waals surface area contributed by atoms with Gasteiger partial charge in [-0.2, -0.15) is 0 Å². The van der Waals surface area contributed by atoms with Gasteiger partial charge in [0.05, 0.1) is 6.61 Å². The van der Waals surface area contributed by atoms with Crippen molar-refractivity contribution in [1.82, 2.24) is 0 Å². The SMILES string of the molecule is CCCOC(=O)CCCC(C)(C)c1ccc2c(c1)C(=O)c1ccc(C(C)(C)C)cc1C2=O. The molecule has 0 aromatic heterocycles. The molecule has 0 aliphatic heterocycles. The minimum absolute atomic E-state index is 0.0938. The second kappa shape index (κ2) is 9.01. The van der Waals surface area contributed by atoms with Crippen LogP contribution in [0.2, 0.25) is 0 Å². The van der Waals surface area contributed by atoms with Crippen LogP contribution < -0.4 is 0 Å². The molecule has 170 valence electrons. The van der Waals surface area contributed by atoms with Gasteiger partial charge >= 0.3 is 5.97 Å². The molecule has 0 amide bonds. The average Bonchev–Trinajstić information content (AvgIpc) is 2.74. The van der Waals surface area contributed by atoms with Gasteiger partial charge in [0.15, 0.2) is 11.6 Å². The number of carbonyl (C=O) groups is 3. The van der Waals surface area contributed by atoms with E-state index in [9.17, 15) is 14.4 Å². The molecule has 2 aromatic carbocycles. The maximum absolute atomic E-state index is 13.3. The highest BCUT2D eigenvalue weighted by Crippen LogP contribution is 2.35. The van der Waals surface area contributed by atoms with E-state index >= 15 is 0 Å². The van der Waals surface area contributed by atoms with Gasteiger partial charge in [0.25, 0.3) is 0 Å². The molecule has 0 saturated heterocycles. The fraction of sp³-hybridized carbons (Fsp3) is 0.464. The van der Waals surface area contributed by atoms with Crippen LogP contribution in [0.5, 0.6) is 0 Å². The van der Waals surface area contributed by atoms with Gasteiger partial charge in [-0.1, -0.05) is 53.7 Å². The molecule has 0 saturated carbocycles. The molecule has 0 fully saturated rings. The largest absolute Gasteiger partial charge is 0.466 e. The smallest absolute Gasteiger partial charge is 0.305 e. The van der Waals surface area contributed by atoms with Crippen LogP contribution in [0.3, 0.4) is 0 Å². The first-order valence-corrected chi connectivity index (χ1v) is 11.5. The fourth-order valence-electron chi connectivity index (χ4n) is 4.14. The van der Waals surface area contributed by atoms with Crippen molar-refractivity contribution in [3.63, 3.8) is 0 Å². The molecule has 1 aliphatic carbocycles. The van der Waals surface area contributed by atoms with Gasteiger partial charge in [0, 0.05) is 28.7 Å². The first-order valence-electron chi connectivity index (χ1n) is 11.5. The van der Waals surface area contributed by atoms with Crippen molar-refractivity contribution in [2.45, 2.75) is 78.1 Å². The topological polar surface area (TPSA) is 60.4 Å². The number of hydrogen-bond acceptors (Lipinski definition) is 4. The number of fused-ring (bicyclic) bond motifs is 2. The highest BCUT2D eigenvalue weighted by atomic mass is 16.5. The predicted molar refractivity (Wildman–Crippen MR) is 127 cm³/mol. The number of benzene rings is 2. The van der Waals surface area contributed by atoms with E-state index in [0.717, 1.165) is 24.0 Å². The van der Waals surface area contributed by atoms with Crippen molar-refractivity contribution in [2.24, 2.45) is 0 Å². The molecule has 4 nitrogen and oxygen atoms in total. The first kappa shape index (κ1) is 23.9. The Hall–Kier alpha value is -2.75. The molecule has 1 aliphatic rings. The molecule has 0 atom stereocenters. The lowest BCUT2D eigenvalue weighted by atomic mass is 9.75. The third kappa shape index (κ3) is 4.85. The molecule has 0 radical (unpaired) electrons. The van der Waals surface area contributed by atoms with Gasteiger partial charge in [-0.05, 0) is 65.5 Å². The molecule has 0 heterocycles. The first-order chi connectivity index (χ1) is 15.0. The molecule has 0 N–H and O–H groups in total. The lowest BCUT2D eigenvalue weighted by Crippen LogP contribution is -2.25.